The maximum atomic E-state index is 13.2. The molecule has 1 aliphatic carbocycles. The Morgan fingerprint density at radius 1 is 1.08 bits per heavy atom. The molecular weight excluding hydrogens is 525 g/mol. The summed E-state index contributed by atoms with van der Waals surface area (Å²) in [5, 5.41) is 4.86. The lowest BCUT2D eigenvalue weighted by Crippen LogP contribution is -2.41. The SMILES string of the molecule is COc1ccc(S(F)(F)(F)(F)F)cc1NC(=O)N[C@H]1CC[C@H](Oc2ccnc(N3CCOCC3)n2)CC1. The lowest BCUT2D eigenvalue weighted by molar-refractivity contribution is 0.121. The summed E-state index contributed by atoms with van der Waals surface area (Å²) >= 11 is 0. The number of hydrogen-bond acceptors (Lipinski definition) is 7. The van der Waals surface area contributed by atoms with Crippen LogP contribution in [0.5, 0.6) is 11.6 Å². The molecule has 37 heavy (non-hydrogen) atoms. The molecule has 2 aliphatic rings. The van der Waals surface area contributed by atoms with Gasteiger partial charge in [0.1, 0.15) is 16.7 Å². The van der Waals surface area contributed by atoms with Gasteiger partial charge in [-0.25, -0.2) is 9.78 Å². The van der Waals surface area contributed by atoms with E-state index in [2.05, 4.69) is 20.6 Å². The topological polar surface area (TPSA) is 97.8 Å². The molecule has 1 aromatic heterocycles. The van der Waals surface area contributed by atoms with Crippen LogP contribution in [0.3, 0.4) is 0 Å². The predicted molar refractivity (Wildman–Crippen MR) is 128 cm³/mol. The van der Waals surface area contributed by atoms with Crippen molar-refractivity contribution in [2.75, 3.05) is 43.6 Å². The zero-order chi connectivity index (χ0) is 26.7. The molecule has 4 rings (SSSR count). The minimum Gasteiger partial charge on any atom is -0.495 e. The summed E-state index contributed by atoms with van der Waals surface area (Å²) in [4.78, 5) is 21.1. The van der Waals surface area contributed by atoms with E-state index in [-0.39, 0.29) is 30.0 Å². The average Bonchev–Trinajstić information content (AvgIpc) is 2.84. The van der Waals surface area contributed by atoms with Crippen molar-refractivity contribution < 1.29 is 38.4 Å². The summed E-state index contributed by atoms with van der Waals surface area (Å²) in [5.41, 5.74) is -0.511. The first-order chi connectivity index (χ1) is 17.3. The number of nitrogens with zero attached hydrogens (tertiary/aromatic N) is 3. The Balaban J connectivity index is 1.30. The highest BCUT2D eigenvalue weighted by atomic mass is 32.5. The average molecular weight is 554 g/mol. The summed E-state index contributed by atoms with van der Waals surface area (Å²) in [5.74, 6) is 0.832. The maximum absolute atomic E-state index is 13.2. The summed E-state index contributed by atoms with van der Waals surface area (Å²) in [7, 11) is -8.77. The van der Waals surface area contributed by atoms with E-state index < -0.39 is 26.8 Å². The minimum absolute atomic E-state index is 0.136. The van der Waals surface area contributed by atoms with Gasteiger partial charge >= 0.3 is 16.3 Å². The van der Waals surface area contributed by atoms with Gasteiger partial charge in [-0.2, -0.15) is 4.98 Å². The molecule has 0 spiro atoms. The second-order valence-electron chi connectivity index (χ2n) is 8.82. The lowest BCUT2D eigenvalue weighted by atomic mass is 9.93. The number of rotatable bonds is 7. The zero-order valence-electron chi connectivity index (χ0n) is 20.0. The maximum Gasteiger partial charge on any atom is 0.319 e. The van der Waals surface area contributed by atoms with E-state index in [9.17, 15) is 24.2 Å². The van der Waals surface area contributed by atoms with Gasteiger partial charge in [0.05, 0.1) is 26.0 Å². The Kier molecular flexibility index (Phi) is 7.05. The van der Waals surface area contributed by atoms with Crippen LogP contribution in [-0.2, 0) is 4.74 Å². The fraction of sp³-hybridized carbons (Fsp3) is 0.500. The van der Waals surface area contributed by atoms with Crippen LogP contribution in [-0.4, -0.2) is 61.6 Å². The van der Waals surface area contributed by atoms with Crippen LogP contribution in [0, 0.1) is 0 Å². The lowest BCUT2D eigenvalue weighted by Gasteiger charge is -2.40. The van der Waals surface area contributed by atoms with Crippen LogP contribution in [0.15, 0.2) is 35.4 Å². The first kappa shape index (κ1) is 27.0. The third kappa shape index (κ3) is 7.25. The summed E-state index contributed by atoms with van der Waals surface area (Å²) in [6.45, 7) is 2.59. The van der Waals surface area contributed by atoms with E-state index in [1.54, 1.807) is 12.3 Å². The fourth-order valence-corrected chi connectivity index (χ4v) is 4.84. The highest BCUT2D eigenvalue weighted by molar-refractivity contribution is 8.45. The van der Waals surface area contributed by atoms with Crippen molar-refractivity contribution >= 4 is 27.9 Å². The Labute approximate surface area is 210 Å². The normalized spacial score (nSPS) is 22.4. The molecule has 2 heterocycles. The smallest absolute Gasteiger partial charge is 0.319 e. The Morgan fingerprint density at radius 2 is 1.78 bits per heavy atom. The molecule has 0 radical (unpaired) electrons. The number of urea groups is 1. The first-order valence-electron chi connectivity index (χ1n) is 11.6. The highest BCUT2D eigenvalue weighted by Crippen LogP contribution is 3.02. The molecule has 206 valence electrons. The molecule has 2 fully saturated rings. The standard InChI is InChI=1S/C22H28F5N5O4S/c1-34-19-7-6-17(37(23,24,25,26)27)14-18(19)30-22(33)29-15-2-4-16(5-3-15)36-20-8-9-28-21(31-20)32-10-12-35-13-11-32/h6-9,14-16H,2-5,10-13H2,1H3,(H2,29,30,33)/t15-,16-. The van der Waals surface area contributed by atoms with Gasteiger partial charge in [-0.3, -0.25) is 0 Å². The fourth-order valence-electron chi connectivity index (χ4n) is 4.18. The van der Waals surface area contributed by atoms with Crippen LogP contribution in [0.4, 0.5) is 35.9 Å². The number of carbonyl (C=O) groups is 1. The quantitative estimate of drug-likeness (QED) is 0.438. The Bertz CT molecular complexity index is 1130. The van der Waals surface area contributed by atoms with Crippen LogP contribution in [0.25, 0.3) is 0 Å². The van der Waals surface area contributed by atoms with Crippen molar-refractivity contribution in [2.45, 2.75) is 42.7 Å². The van der Waals surface area contributed by atoms with Gasteiger partial charge in [0, 0.05) is 31.4 Å². The summed E-state index contributed by atoms with van der Waals surface area (Å²) in [6, 6.07) is 1.72. The van der Waals surface area contributed by atoms with E-state index in [0.717, 1.165) is 13.2 Å². The van der Waals surface area contributed by atoms with E-state index in [0.29, 0.717) is 63.8 Å². The van der Waals surface area contributed by atoms with Gasteiger partial charge in [0.15, 0.2) is 0 Å². The molecule has 0 bridgehead atoms. The van der Waals surface area contributed by atoms with Gasteiger partial charge in [-0.1, -0.05) is 19.4 Å². The third-order valence-electron chi connectivity index (χ3n) is 6.07. The van der Waals surface area contributed by atoms with Crippen molar-refractivity contribution in [3.05, 3.63) is 30.5 Å². The van der Waals surface area contributed by atoms with Crippen molar-refractivity contribution in [1.29, 1.82) is 0 Å². The minimum atomic E-state index is -9.92. The number of hydrogen-bond donors (Lipinski definition) is 2. The van der Waals surface area contributed by atoms with Crippen molar-refractivity contribution in [1.82, 2.24) is 15.3 Å². The van der Waals surface area contributed by atoms with E-state index in [1.807, 2.05) is 4.90 Å². The molecule has 2 N–H and O–H groups in total. The number of ether oxygens (including phenoxy) is 3. The number of aromatic nitrogens is 2. The molecule has 1 aliphatic heterocycles. The van der Waals surface area contributed by atoms with Crippen LogP contribution in [0.1, 0.15) is 25.7 Å². The molecular formula is C22H28F5N5O4S. The van der Waals surface area contributed by atoms with Crippen LogP contribution >= 0.6 is 10.2 Å². The molecule has 1 saturated carbocycles. The van der Waals surface area contributed by atoms with E-state index >= 15 is 0 Å². The van der Waals surface area contributed by atoms with Gasteiger partial charge in [0.25, 0.3) is 0 Å². The predicted octanol–water partition coefficient (Wildman–Crippen LogP) is 5.49. The first-order valence-corrected chi connectivity index (χ1v) is 13.6. The molecule has 9 nitrogen and oxygen atoms in total. The summed E-state index contributed by atoms with van der Waals surface area (Å²) in [6.07, 6.45) is 3.78. The molecule has 0 unspecified atom stereocenters. The number of halogens is 5. The number of methoxy groups -OCH3 is 1. The van der Waals surface area contributed by atoms with Crippen molar-refractivity contribution in [3.8, 4) is 11.6 Å². The molecule has 1 saturated heterocycles. The van der Waals surface area contributed by atoms with E-state index in [1.165, 1.54) is 0 Å². The van der Waals surface area contributed by atoms with Crippen LogP contribution < -0.4 is 25.0 Å². The molecule has 0 atom stereocenters. The van der Waals surface area contributed by atoms with E-state index in [4.69, 9.17) is 14.2 Å². The Hall–Kier alpha value is -3.07. The molecule has 1 aromatic carbocycles. The zero-order valence-corrected chi connectivity index (χ0v) is 20.8. The van der Waals surface area contributed by atoms with Crippen LogP contribution in [0.2, 0.25) is 0 Å². The second-order valence-corrected chi connectivity index (χ2v) is 11.2. The van der Waals surface area contributed by atoms with Crippen molar-refractivity contribution in [3.63, 3.8) is 0 Å². The third-order valence-corrected chi connectivity index (χ3v) is 7.22. The van der Waals surface area contributed by atoms with Crippen molar-refractivity contribution in [2.24, 2.45) is 0 Å². The monoisotopic (exact) mass is 553 g/mol. The van der Waals surface area contributed by atoms with Gasteiger partial charge in [-0.15, -0.1) is 0 Å². The number of morpholine rings is 1. The highest BCUT2D eigenvalue weighted by Gasteiger charge is 2.65. The summed E-state index contributed by atoms with van der Waals surface area (Å²) < 4.78 is 82.2. The molecule has 2 aromatic rings. The molecule has 2 amide bonds. The largest absolute Gasteiger partial charge is 0.495 e. The van der Waals surface area contributed by atoms with Gasteiger partial charge in [-0.05, 0) is 43.9 Å². The molecule has 15 heteroatoms. The number of carbonyl (C=O) groups excluding carboxylic acids is 1. The number of nitrogens with one attached hydrogen (secondary N) is 2. The number of amides is 2. The number of benzene rings is 1. The Morgan fingerprint density at radius 3 is 2.43 bits per heavy atom. The second kappa shape index (κ2) is 9.67. The van der Waals surface area contributed by atoms with Gasteiger partial charge in [0.2, 0.25) is 11.8 Å². The van der Waals surface area contributed by atoms with Gasteiger partial charge < -0.3 is 29.7 Å². The number of anilines is 2.